The van der Waals surface area contributed by atoms with E-state index < -0.39 is 6.04 Å². The van der Waals surface area contributed by atoms with Crippen LogP contribution < -0.4 is 16.0 Å². The lowest BCUT2D eigenvalue weighted by Gasteiger charge is -2.13. The van der Waals surface area contributed by atoms with E-state index in [1.165, 1.54) is 0 Å². The summed E-state index contributed by atoms with van der Waals surface area (Å²) in [5.74, 6) is 2.51. The number of rotatable bonds is 7. The third kappa shape index (κ3) is 5.25. The monoisotopic (exact) mass is 428 g/mol. The molecule has 0 saturated carbocycles. The number of benzene rings is 1. The van der Waals surface area contributed by atoms with E-state index in [0.29, 0.717) is 23.1 Å². The Morgan fingerprint density at radius 2 is 1.62 bits per heavy atom. The minimum absolute atomic E-state index is 0.138. The maximum absolute atomic E-state index is 12.4. The van der Waals surface area contributed by atoms with Crippen LogP contribution in [0.4, 0.5) is 28.8 Å². The molecule has 1 atom stereocenters. The largest absolute Gasteiger partial charge is 0.340 e. The van der Waals surface area contributed by atoms with Crippen LogP contribution in [0.2, 0.25) is 0 Å². The minimum Gasteiger partial charge on any atom is -0.340 e. The second-order valence-electron chi connectivity index (χ2n) is 7.38. The van der Waals surface area contributed by atoms with Gasteiger partial charge in [-0.15, -0.1) is 0 Å². The molecule has 3 heterocycles. The highest BCUT2D eigenvalue weighted by molar-refractivity contribution is 5.93. The summed E-state index contributed by atoms with van der Waals surface area (Å²) in [7, 11) is 0. The zero-order valence-electron chi connectivity index (χ0n) is 18.1. The Balaban J connectivity index is 1.42. The Labute approximate surface area is 186 Å². The third-order valence-electron chi connectivity index (χ3n) is 4.74. The van der Waals surface area contributed by atoms with Crippen molar-refractivity contribution in [1.82, 2.24) is 24.7 Å². The van der Waals surface area contributed by atoms with E-state index in [0.717, 1.165) is 17.1 Å². The van der Waals surface area contributed by atoms with Crippen LogP contribution in [0.15, 0.2) is 67.1 Å². The smallest absolute Gasteiger partial charge is 0.248 e. The van der Waals surface area contributed by atoms with E-state index in [-0.39, 0.29) is 5.91 Å². The van der Waals surface area contributed by atoms with Crippen molar-refractivity contribution < 1.29 is 4.79 Å². The number of anilines is 5. The van der Waals surface area contributed by atoms with Gasteiger partial charge in [-0.25, -0.2) is 15.0 Å². The number of nitrogens with zero attached hydrogens (tertiary/aromatic N) is 5. The molecule has 0 radical (unpaired) electrons. The molecule has 9 nitrogen and oxygen atoms in total. The Bertz CT molecular complexity index is 1210. The molecule has 0 bridgehead atoms. The second-order valence-corrected chi connectivity index (χ2v) is 7.38. The topological polar surface area (TPSA) is 110 Å². The van der Waals surface area contributed by atoms with Crippen LogP contribution in [0.1, 0.15) is 24.4 Å². The molecule has 32 heavy (non-hydrogen) atoms. The van der Waals surface area contributed by atoms with E-state index in [1.807, 2.05) is 56.3 Å². The van der Waals surface area contributed by atoms with Gasteiger partial charge in [-0.05, 0) is 68.8 Å². The Hall–Kier alpha value is -4.27. The number of hydrogen-bond donors (Lipinski definition) is 3. The molecule has 0 spiro atoms. The van der Waals surface area contributed by atoms with Crippen molar-refractivity contribution in [2.75, 3.05) is 16.0 Å². The molecule has 162 valence electrons. The van der Waals surface area contributed by atoms with Gasteiger partial charge < -0.3 is 16.0 Å². The molecule has 0 fully saturated rings. The zero-order valence-corrected chi connectivity index (χ0v) is 18.1. The summed E-state index contributed by atoms with van der Waals surface area (Å²) >= 11 is 0. The van der Waals surface area contributed by atoms with Crippen molar-refractivity contribution in [3.05, 3.63) is 78.5 Å². The molecule has 0 aliphatic heterocycles. The average Bonchev–Trinajstić information content (AvgIpc) is 3.29. The molecule has 0 aliphatic rings. The SMILES string of the molecule is Cc1ccnc(Nc2cc(Nc3ccc(NC(=O)C(C)n4cccn4)cc3)nc(C)n2)c1. The number of nitrogens with one attached hydrogen (secondary N) is 3. The van der Waals surface area contributed by atoms with Gasteiger partial charge in [0, 0.05) is 36.0 Å². The van der Waals surface area contributed by atoms with E-state index in [1.54, 1.807) is 36.3 Å². The zero-order chi connectivity index (χ0) is 22.5. The van der Waals surface area contributed by atoms with Crippen LogP contribution in [0.25, 0.3) is 0 Å². The number of aromatic nitrogens is 5. The van der Waals surface area contributed by atoms with Gasteiger partial charge in [-0.3, -0.25) is 9.48 Å². The summed E-state index contributed by atoms with van der Waals surface area (Å²) < 4.78 is 1.61. The highest BCUT2D eigenvalue weighted by Gasteiger charge is 2.15. The van der Waals surface area contributed by atoms with Crippen molar-refractivity contribution in [3.63, 3.8) is 0 Å². The first-order valence-electron chi connectivity index (χ1n) is 10.2. The predicted octanol–water partition coefficient (Wildman–Crippen LogP) is 4.37. The van der Waals surface area contributed by atoms with Crippen molar-refractivity contribution >= 4 is 34.7 Å². The lowest BCUT2D eigenvalue weighted by molar-refractivity contribution is -0.119. The van der Waals surface area contributed by atoms with Gasteiger partial charge in [0.1, 0.15) is 29.3 Å². The lowest BCUT2D eigenvalue weighted by atomic mass is 10.2. The van der Waals surface area contributed by atoms with Crippen LogP contribution in [-0.4, -0.2) is 30.6 Å². The third-order valence-corrected chi connectivity index (χ3v) is 4.74. The molecule has 1 unspecified atom stereocenters. The lowest BCUT2D eigenvalue weighted by Crippen LogP contribution is -2.23. The fourth-order valence-electron chi connectivity index (χ4n) is 3.09. The van der Waals surface area contributed by atoms with Gasteiger partial charge in [0.25, 0.3) is 0 Å². The highest BCUT2D eigenvalue weighted by Crippen LogP contribution is 2.22. The number of pyridine rings is 1. The molecule has 9 heteroatoms. The van der Waals surface area contributed by atoms with Crippen LogP contribution >= 0.6 is 0 Å². The molecule has 4 rings (SSSR count). The van der Waals surface area contributed by atoms with E-state index >= 15 is 0 Å². The first kappa shape index (κ1) is 21.0. The molecule has 3 aromatic heterocycles. The molecular formula is C23H24N8O. The summed E-state index contributed by atoms with van der Waals surface area (Å²) in [4.78, 5) is 25.6. The number of amides is 1. The van der Waals surface area contributed by atoms with Crippen LogP contribution in [0.3, 0.4) is 0 Å². The summed E-state index contributed by atoms with van der Waals surface area (Å²) in [5.41, 5.74) is 2.64. The van der Waals surface area contributed by atoms with Gasteiger partial charge in [0.05, 0.1) is 0 Å². The quantitative estimate of drug-likeness (QED) is 0.401. The maximum atomic E-state index is 12.4. The fraction of sp³-hybridized carbons (Fsp3) is 0.174. The molecule has 4 aromatic rings. The normalized spacial score (nSPS) is 11.6. The van der Waals surface area contributed by atoms with Crippen LogP contribution in [0.5, 0.6) is 0 Å². The van der Waals surface area contributed by atoms with Gasteiger partial charge in [0.2, 0.25) is 5.91 Å². The first-order valence-corrected chi connectivity index (χ1v) is 10.2. The van der Waals surface area contributed by atoms with Crippen molar-refractivity contribution in [2.45, 2.75) is 26.8 Å². The Morgan fingerprint density at radius 1 is 0.906 bits per heavy atom. The number of hydrogen-bond acceptors (Lipinski definition) is 7. The predicted molar refractivity (Wildman–Crippen MR) is 124 cm³/mol. The summed E-state index contributed by atoms with van der Waals surface area (Å²) in [6.45, 7) is 5.64. The molecule has 1 aromatic carbocycles. The van der Waals surface area contributed by atoms with Crippen molar-refractivity contribution in [3.8, 4) is 0 Å². The molecular weight excluding hydrogens is 404 g/mol. The minimum atomic E-state index is -0.402. The van der Waals surface area contributed by atoms with E-state index in [2.05, 4.69) is 36.0 Å². The summed E-state index contributed by atoms with van der Waals surface area (Å²) in [5, 5.41) is 13.5. The first-order chi connectivity index (χ1) is 15.5. The van der Waals surface area contributed by atoms with E-state index in [9.17, 15) is 4.79 Å². The highest BCUT2D eigenvalue weighted by atomic mass is 16.2. The van der Waals surface area contributed by atoms with Gasteiger partial charge in [-0.2, -0.15) is 5.10 Å². The van der Waals surface area contributed by atoms with Crippen LogP contribution in [0, 0.1) is 13.8 Å². The second kappa shape index (κ2) is 9.25. The summed E-state index contributed by atoms with van der Waals surface area (Å²) in [6.07, 6.45) is 5.16. The summed E-state index contributed by atoms with van der Waals surface area (Å²) in [6, 6.07) is 14.5. The average molecular weight is 429 g/mol. The molecule has 0 aliphatic carbocycles. The molecule has 1 amide bonds. The van der Waals surface area contributed by atoms with Gasteiger partial charge >= 0.3 is 0 Å². The van der Waals surface area contributed by atoms with Gasteiger partial charge in [-0.1, -0.05) is 0 Å². The van der Waals surface area contributed by atoms with Crippen LogP contribution in [-0.2, 0) is 4.79 Å². The Morgan fingerprint density at radius 3 is 2.31 bits per heavy atom. The van der Waals surface area contributed by atoms with Gasteiger partial charge in [0.15, 0.2) is 0 Å². The van der Waals surface area contributed by atoms with Crippen molar-refractivity contribution in [1.29, 1.82) is 0 Å². The number of aryl methyl sites for hydroxylation is 2. The number of carbonyl (C=O) groups is 1. The Kier molecular flexibility index (Phi) is 6.07. The maximum Gasteiger partial charge on any atom is 0.248 e. The number of carbonyl (C=O) groups excluding carboxylic acids is 1. The fourth-order valence-corrected chi connectivity index (χ4v) is 3.09. The molecule has 0 saturated heterocycles. The molecule has 3 N–H and O–H groups in total. The van der Waals surface area contributed by atoms with Crippen molar-refractivity contribution in [2.24, 2.45) is 0 Å². The van der Waals surface area contributed by atoms with E-state index in [4.69, 9.17) is 0 Å². The standard InChI is InChI=1S/C23H24N8O/c1-15-9-11-24-20(13-15)30-22-14-21(26-17(3)27-22)28-18-5-7-19(8-6-18)29-23(32)16(2)31-12-4-10-25-31/h4-14,16H,1-3H3,(H,29,32)(H2,24,26,27,28,30).